The summed E-state index contributed by atoms with van der Waals surface area (Å²) < 4.78 is 5.71. The third-order valence-electron chi connectivity index (χ3n) is 3.09. The number of carbonyl (C=O) groups is 1. The molecule has 0 unspecified atom stereocenters. The van der Waals surface area contributed by atoms with Gasteiger partial charge in [0.05, 0.1) is 6.20 Å². The second-order valence-corrected chi connectivity index (χ2v) is 4.64. The Morgan fingerprint density at radius 1 is 1.19 bits per heavy atom. The Morgan fingerprint density at radius 3 is 2.76 bits per heavy atom. The summed E-state index contributed by atoms with van der Waals surface area (Å²) in [6.45, 7) is 1.86. The van der Waals surface area contributed by atoms with E-state index in [1.54, 1.807) is 18.3 Å². The van der Waals surface area contributed by atoms with Gasteiger partial charge in [0.2, 0.25) is 5.88 Å². The molecule has 3 rings (SSSR count). The zero-order valence-corrected chi connectivity index (χ0v) is 11.3. The van der Waals surface area contributed by atoms with E-state index in [2.05, 4.69) is 10.2 Å². The molecule has 2 aromatic carbocycles. The van der Waals surface area contributed by atoms with Crippen LogP contribution in [0.4, 0.5) is 0 Å². The maximum absolute atomic E-state index is 11.4. The van der Waals surface area contributed by atoms with Crippen molar-refractivity contribution in [2.75, 3.05) is 0 Å². The number of aromatic carboxylic acids is 1. The van der Waals surface area contributed by atoms with Gasteiger partial charge < -0.3 is 9.84 Å². The summed E-state index contributed by atoms with van der Waals surface area (Å²) in [5.41, 5.74) is 0.981. The average Bonchev–Trinajstić information content (AvgIpc) is 2.47. The lowest BCUT2D eigenvalue weighted by Gasteiger charge is -2.11. The van der Waals surface area contributed by atoms with Crippen molar-refractivity contribution in [3.63, 3.8) is 0 Å². The maximum atomic E-state index is 11.4. The first-order valence-electron chi connectivity index (χ1n) is 6.37. The zero-order valence-electron chi connectivity index (χ0n) is 11.3. The first-order valence-corrected chi connectivity index (χ1v) is 6.37. The lowest BCUT2D eigenvalue weighted by atomic mass is 10.1. The van der Waals surface area contributed by atoms with Gasteiger partial charge in [-0.15, -0.1) is 5.10 Å². The van der Waals surface area contributed by atoms with Crippen molar-refractivity contribution in [3.8, 4) is 11.6 Å². The molecule has 0 aliphatic carbocycles. The van der Waals surface area contributed by atoms with Crippen LogP contribution in [0.1, 0.15) is 15.9 Å². The van der Waals surface area contributed by atoms with Crippen LogP contribution < -0.4 is 4.74 Å². The number of carboxylic acid groups (broad SMARTS) is 1. The van der Waals surface area contributed by atoms with Gasteiger partial charge in [-0.25, -0.2) is 4.79 Å². The van der Waals surface area contributed by atoms with Crippen LogP contribution in [-0.2, 0) is 0 Å². The monoisotopic (exact) mass is 280 g/mol. The van der Waals surface area contributed by atoms with E-state index < -0.39 is 5.97 Å². The predicted molar refractivity (Wildman–Crippen MR) is 77.8 cm³/mol. The molecule has 1 N–H and O–H groups in total. The highest BCUT2D eigenvalue weighted by Crippen LogP contribution is 2.33. The predicted octanol–water partition coefficient (Wildman–Crippen LogP) is 3.43. The lowest BCUT2D eigenvalue weighted by Crippen LogP contribution is -2.02. The van der Waals surface area contributed by atoms with E-state index in [9.17, 15) is 9.90 Å². The Bertz CT molecular complexity index is 831. The molecule has 1 aromatic heterocycles. The van der Waals surface area contributed by atoms with Crippen LogP contribution in [0.15, 0.2) is 48.7 Å². The molecule has 3 aromatic rings. The molecule has 0 aliphatic rings. The number of hydrogen-bond acceptors (Lipinski definition) is 4. The van der Waals surface area contributed by atoms with Crippen LogP contribution >= 0.6 is 0 Å². The second kappa shape index (κ2) is 5.20. The van der Waals surface area contributed by atoms with Crippen LogP contribution in [0.5, 0.6) is 11.6 Å². The Kier molecular flexibility index (Phi) is 3.23. The van der Waals surface area contributed by atoms with Crippen molar-refractivity contribution in [1.29, 1.82) is 0 Å². The van der Waals surface area contributed by atoms with E-state index in [-0.39, 0.29) is 17.2 Å². The van der Waals surface area contributed by atoms with Gasteiger partial charge in [-0.1, -0.05) is 30.3 Å². The molecular formula is C16H12N2O3. The Hall–Kier alpha value is -2.95. The summed E-state index contributed by atoms with van der Waals surface area (Å²) in [5, 5.41) is 18.7. The summed E-state index contributed by atoms with van der Waals surface area (Å²) in [7, 11) is 0. The van der Waals surface area contributed by atoms with E-state index in [1.165, 1.54) is 6.07 Å². The van der Waals surface area contributed by atoms with Crippen LogP contribution in [0.3, 0.4) is 0 Å². The van der Waals surface area contributed by atoms with E-state index in [0.29, 0.717) is 0 Å². The third kappa shape index (κ3) is 2.53. The number of aryl methyl sites for hydroxylation is 1. The number of fused-ring (bicyclic) bond motifs is 1. The van der Waals surface area contributed by atoms with E-state index >= 15 is 0 Å². The molecule has 5 nitrogen and oxygen atoms in total. The second-order valence-electron chi connectivity index (χ2n) is 4.64. The number of ether oxygens (including phenoxy) is 1. The number of rotatable bonds is 3. The van der Waals surface area contributed by atoms with Gasteiger partial charge in [-0.3, -0.25) is 0 Å². The van der Waals surface area contributed by atoms with Crippen molar-refractivity contribution in [2.24, 2.45) is 0 Å². The molecule has 0 atom stereocenters. The summed E-state index contributed by atoms with van der Waals surface area (Å²) in [6.07, 6.45) is 1.61. The molecule has 0 radical (unpaired) electrons. The third-order valence-corrected chi connectivity index (χ3v) is 3.09. The molecule has 0 aliphatic heterocycles. The largest absolute Gasteiger partial charge is 0.478 e. The molecule has 0 fully saturated rings. The summed E-state index contributed by atoms with van der Waals surface area (Å²) >= 11 is 0. The normalized spacial score (nSPS) is 10.5. The molecular weight excluding hydrogens is 268 g/mol. The van der Waals surface area contributed by atoms with Crippen LogP contribution in [-0.4, -0.2) is 21.3 Å². The van der Waals surface area contributed by atoms with Gasteiger partial charge >= 0.3 is 5.97 Å². The fourth-order valence-corrected chi connectivity index (χ4v) is 2.11. The molecule has 1 heterocycles. The smallest absolute Gasteiger partial charge is 0.339 e. The summed E-state index contributed by atoms with van der Waals surface area (Å²) in [6, 6.07) is 12.4. The standard InChI is InChI=1S/C16H12N2O3/c1-10-8-14(18-17-9-10)21-15-12-5-3-2-4-11(12)6-7-13(15)16(19)20/h2-9H,1H3,(H,19,20). The van der Waals surface area contributed by atoms with Gasteiger partial charge in [0.15, 0.2) is 5.75 Å². The van der Waals surface area contributed by atoms with E-state index in [0.717, 1.165) is 16.3 Å². The minimum Gasteiger partial charge on any atom is -0.478 e. The minimum absolute atomic E-state index is 0.0945. The van der Waals surface area contributed by atoms with Crippen LogP contribution in [0.2, 0.25) is 0 Å². The number of aromatic nitrogens is 2. The van der Waals surface area contributed by atoms with Crippen molar-refractivity contribution < 1.29 is 14.6 Å². The summed E-state index contributed by atoms with van der Waals surface area (Å²) in [5.74, 6) is -0.495. The van der Waals surface area contributed by atoms with E-state index in [1.807, 2.05) is 31.2 Å². The van der Waals surface area contributed by atoms with Crippen molar-refractivity contribution in [2.45, 2.75) is 6.92 Å². The first kappa shape index (κ1) is 13.1. The van der Waals surface area contributed by atoms with Crippen molar-refractivity contribution in [3.05, 3.63) is 59.8 Å². The lowest BCUT2D eigenvalue weighted by molar-refractivity contribution is 0.0694. The molecule has 5 heteroatoms. The average molecular weight is 280 g/mol. The molecule has 21 heavy (non-hydrogen) atoms. The highest BCUT2D eigenvalue weighted by Gasteiger charge is 2.16. The fraction of sp³-hybridized carbons (Fsp3) is 0.0625. The topological polar surface area (TPSA) is 72.3 Å². The number of hydrogen-bond donors (Lipinski definition) is 1. The van der Waals surface area contributed by atoms with Gasteiger partial charge in [-0.05, 0) is 23.9 Å². The van der Waals surface area contributed by atoms with Crippen molar-refractivity contribution >= 4 is 16.7 Å². The minimum atomic E-state index is -1.05. The summed E-state index contributed by atoms with van der Waals surface area (Å²) in [4.78, 5) is 11.4. The van der Waals surface area contributed by atoms with Gasteiger partial charge in [0.1, 0.15) is 5.56 Å². The Balaban J connectivity index is 2.18. The fourth-order valence-electron chi connectivity index (χ4n) is 2.11. The molecule has 0 amide bonds. The number of nitrogens with zero attached hydrogens (tertiary/aromatic N) is 2. The van der Waals surface area contributed by atoms with Gasteiger partial charge in [0, 0.05) is 11.5 Å². The highest BCUT2D eigenvalue weighted by atomic mass is 16.5. The van der Waals surface area contributed by atoms with Crippen LogP contribution in [0.25, 0.3) is 10.8 Å². The van der Waals surface area contributed by atoms with E-state index in [4.69, 9.17) is 4.74 Å². The van der Waals surface area contributed by atoms with Crippen molar-refractivity contribution in [1.82, 2.24) is 10.2 Å². The maximum Gasteiger partial charge on any atom is 0.339 e. The quantitative estimate of drug-likeness (QED) is 0.795. The van der Waals surface area contributed by atoms with Gasteiger partial charge in [0.25, 0.3) is 0 Å². The molecule has 104 valence electrons. The SMILES string of the molecule is Cc1cnnc(Oc2c(C(=O)O)ccc3ccccc23)c1. The van der Waals surface area contributed by atoms with Crippen LogP contribution in [0, 0.1) is 6.92 Å². The zero-order chi connectivity index (χ0) is 14.8. The molecule has 0 bridgehead atoms. The molecule has 0 saturated heterocycles. The highest BCUT2D eigenvalue weighted by molar-refractivity contribution is 6.00. The first-order chi connectivity index (χ1) is 10.1. The number of benzene rings is 2. The molecule has 0 saturated carbocycles. The Morgan fingerprint density at radius 2 is 2.00 bits per heavy atom. The van der Waals surface area contributed by atoms with Gasteiger partial charge in [-0.2, -0.15) is 5.10 Å². The number of carboxylic acids is 1. The molecule has 0 spiro atoms. The Labute approximate surface area is 120 Å².